The molecule has 0 aromatic carbocycles. The van der Waals surface area contributed by atoms with Crippen LogP contribution in [0.4, 0.5) is 5.82 Å². The molecule has 1 aromatic heterocycles. The van der Waals surface area contributed by atoms with Crippen LogP contribution < -0.4 is 10.6 Å². The van der Waals surface area contributed by atoms with Gasteiger partial charge in [-0.15, -0.1) is 0 Å². The molecule has 4 heteroatoms. The summed E-state index contributed by atoms with van der Waals surface area (Å²) in [5.41, 5.74) is 6.97. The molecule has 0 radical (unpaired) electrons. The zero-order chi connectivity index (χ0) is 13.2. The van der Waals surface area contributed by atoms with Crippen LogP contribution >= 0.6 is 0 Å². The molecule has 104 valence electrons. The highest BCUT2D eigenvalue weighted by Gasteiger charge is 2.34. The lowest BCUT2D eigenvalue weighted by molar-refractivity contribution is -0.00898. The van der Waals surface area contributed by atoms with Crippen LogP contribution in [-0.4, -0.2) is 30.3 Å². The van der Waals surface area contributed by atoms with E-state index >= 15 is 0 Å². The average Bonchev–Trinajstić information content (AvgIpc) is 2.47. The van der Waals surface area contributed by atoms with Gasteiger partial charge in [-0.2, -0.15) is 0 Å². The van der Waals surface area contributed by atoms with Gasteiger partial charge in [0.05, 0.1) is 18.8 Å². The number of hydrogen-bond donors (Lipinski definition) is 1. The van der Waals surface area contributed by atoms with Crippen molar-refractivity contribution in [3.05, 3.63) is 23.9 Å². The molecule has 1 aliphatic carbocycles. The number of nitrogens with zero attached hydrogens (tertiary/aromatic N) is 2. The van der Waals surface area contributed by atoms with Gasteiger partial charge in [-0.05, 0) is 31.4 Å². The second kappa shape index (κ2) is 5.47. The summed E-state index contributed by atoms with van der Waals surface area (Å²) in [5, 5.41) is 0. The highest BCUT2D eigenvalue weighted by molar-refractivity contribution is 5.42. The van der Waals surface area contributed by atoms with Crippen molar-refractivity contribution in [3.8, 4) is 0 Å². The Balaban J connectivity index is 1.79. The summed E-state index contributed by atoms with van der Waals surface area (Å²) in [5.74, 6) is 1.07. The second-order valence-electron chi connectivity index (χ2n) is 5.69. The van der Waals surface area contributed by atoms with E-state index in [0.717, 1.165) is 24.5 Å². The predicted octanol–water partition coefficient (Wildman–Crippen LogP) is 2.25. The molecule has 4 nitrogen and oxygen atoms in total. The van der Waals surface area contributed by atoms with E-state index in [9.17, 15) is 0 Å². The zero-order valence-corrected chi connectivity index (χ0v) is 11.6. The van der Waals surface area contributed by atoms with Crippen LogP contribution in [0.2, 0.25) is 0 Å². The highest BCUT2D eigenvalue weighted by atomic mass is 16.5. The van der Waals surface area contributed by atoms with Crippen molar-refractivity contribution in [1.29, 1.82) is 0 Å². The normalized spacial score (nSPS) is 28.8. The van der Waals surface area contributed by atoms with E-state index in [1.165, 1.54) is 25.7 Å². The third kappa shape index (κ3) is 2.60. The number of hydrogen-bond acceptors (Lipinski definition) is 4. The van der Waals surface area contributed by atoms with E-state index in [0.29, 0.717) is 12.1 Å². The van der Waals surface area contributed by atoms with Crippen molar-refractivity contribution >= 4 is 5.82 Å². The maximum absolute atomic E-state index is 5.91. The van der Waals surface area contributed by atoms with Crippen LogP contribution in [0.5, 0.6) is 0 Å². The minimum absolute atomic E-state index is 0.0497. The molecular weight excluding hydrogens is 238 g/mol. The monoisotopic (exact) mass is 261 g/mol. The maximum atomic E-state index is 5.91. The number of anilines is 1. The topological polar surface area (TPSA) is 51.4 Å². The molecule has 2 aliphatic rings. The van der Waals surface area contributed by atoms with Gasteiger partial charge in [-0.1, -0.05) is 18.9 Å². The Kier molecular flexibility index (Phi) is 3.71. The third-order valence-corrected chi connectivity index (χ3v) is 4.32. The van der Waals surface area contributed by atoms with Crippen molar-refractivity contribution in [3.63, 3.8) is 0 Å². The zero-order valence-electron chi connectivity index (χ0n) is 11.6. The summed E-state index contributed by atoms with van der Waals surface area (Å²) >= 11 is 0. The Hall–Kier alpha value is -1.13. The van der Waals surface area contributed by atoms with Crippen molar-refractivity contribution in [2.45, 2.75) is 50.8 Å². The molecular formula is C15H23N3O. The number of aromatic nitrogens is 1. The molecule has 2 heterocycles. The quantitative estimate of drug-likeness (QED) is 0.887. The van der Waals surface area contributed by atoms with Crippen LogP contribution in [0.3, 0.4) is 0 Å². The van der Waals surface area contributed by atoms with E-state index < -0.39 is 0 Å². The van der Waals surface area contributed by atoms with Gasteiger partial charge in [-0.25, -0.2) is 4.98 Å². The molecule has 1 aliphatic heterocycles. The van der Waals surface area contributed by atoms with E-state index in [2.05, 4.69) is 22.0 Å². The van der Waals surface area contributed by atoms with Crippen molar-refractivity contribution in [2.24, 2.45) is 5.73 Å². The fourth-order valence-corrected chi connectivity index (χ4v) is 3.22. The maximum Gasteiger partial charge on any atom is 0.128 e. The largest absolute Gasteiger partial charge is 0.374 e. The SMILES string of the molecule is C[C@@H](N)c1ccc(N2CCOC3CCCCC32)nc1. The minimum Gasteiger partial charge on any atom is -0.374 e. The Morgan fingerprint density at radius 1 is 1.37 bits per heavy atom. The lowest BCUT2D eigenvalue weighted by atomic mass is 9.90. The second-order valence-corrected chi connectivity index (χ2v) is 5.69. The number of nitrogens with two attached hydrogens (primary N) is 1. The van der Waals surface area contributed by atoms with Gasteiger partial charge in [0, 0.05) is 18.8 Å². The summed E-state index contributed by atoms with van der Waals surface area (Å²) < 4.78 is 5.91. The lowest BCUT2D eigenvalue weighted by Gasteiger charge is -2.44. The molecule has 0 spiro atoms. The van der Waals surface area contributed by atoms with Gasteiger partial charge in [0.1, 0.15) is 5.82 Å². The molecule has 1 aromatic rings. The Bertz CT molecular complexity index is 416. The Morgan fingerprint density at radius 2 is 2.21 bits per heavy atom. The molecule has 1 saturated carbocycles. The van der Waals surface area contributed by atoms with Gasteiger partial charge in [0.2, 0.25) is 0 Å². The van der Waals surface area contributed by atoms with Crippen molar-refractivity contribution in [2.75, 3.05) is 18.1 Å². The van der Waals surface area contributed by atoms with Crippen LogP contribution in [0.25, 0.3) is 0 Å². The van der Waals surface area contributed by atoms with E-state index in [4.69, 9.17) is 10.5 Å². The van der Waals surface area contributed by atoms with Gasteiger partial charge in [0.25, 0.3) is 0 Å². The summed E-state index contributed by atoms with van der Waals surface area (Å²) in [7, 11) is 0. The first-order valence-electron chi connectivity index (χ1n) is 7.35. The summed E-state index contributed by atoms with van der Waals surface area (Å²) in [6.07, 6.45) is 7.33. The fourth-order valence-electron chi connectivity index (χ4n) is 3.22. The fraction of sp³-hybridized carbons (Fsp3) is 0.667. The van der Waals surface area contributed by atoms with Crippen molar-refractivity contribution in [1.82, 2.24) is 4.98 Å². The number of fused-ring (bicyclic) bond motifs is 1. The molecule has 3 rings (SSSR count). The molecule has 3 atom stereocenters. The van der Waals surface area contributed by atoms with Gasteiger partial charge in [0.15, 0.2) is 0 Å². The standard InChI is InChI=1S/C15H23N3O/c1-11(16)12-6-7-15(17-10-12)18-8-9-19-14-5-3-2-4-13(14)18/h6-7,10-11,13-14H,2-5,8-9,16H2,1H3/t11-,13?,14?/m1/s1. The minimum atomic E-state index is 0.0497. The molecule has 2 N–H and O–H groups in total. The first kappa shape index (κ1) is 12.9. The van der Waals surface area contributed by atoms with Gasteiger partial charge in [-0.3, -0.25) is 0 Å². The average molecular weight is 261 g/mol. The summed E-state index contributed by atoms with van der Waals surface area (Å²) in [6.45, 7) is 3.76. The molecule has 19 heavy (non-hydrogen) atoms. The van der Waals surface area contributed by atoms with Gasteiger partial charge < -0.3 is 15.4 Å². The van der Waals surface area contributed by atoms with E-state index in [-0.39, 0.29) is 6.04 Å². The lowest BCUT2D eigenvalue weighted by Crippen LogP contribution is -2.53. The molecule has 0 amide bonds. The molecule has 0 bridgehead atoms. The third-order valence-electron chi connectivity index (χ3n) is 4.32. The van der Waals surface area contributed by atoms with Crippen LogP contribution in [0, 0.1) is 0 Å². The molecule has 1 saturated heterocycles. The predicted molar refractivity (Wildman–Crippen MR) is 76.2 cm³/mol. The Labute approximate surface area is 115 Å². The number of morpholine rings is 1. The highest BCUT2D eigenvalue weighted by Crippen LogP contribution is 2.31. The smallest absolute Gasteiger partial charge is 0.128 e. The van der Waals surface area contributed by atoms with Crippen LogP contribution in [0.1, 0.15) is 44.2 Å². The number of rotatable bonds is 2. The molecule has 2 fully saturated rings. The van der Waals surface area contributed by atoms with E-state index in [1.807, 2.05) is 13.1 Å². The molecule has 2 unspecified atom stereocenters. The summed E-state index contributed by atoms with van der Waals surface area (Å²) in [4.78, 5) is 7.03. The van der Waals surface area contributed by atoms with Crippen LogP contribution in [0.15, 0.2) is 18.3 Å². The number of pyridine rings is 1. The number of ether oxygens (including phenoxy) is 1. The van der Waals surface area contributed by atoms with Crippen molar-refractivity contribution < 1.29 is 4.74 Å². The Morgan fingerprint density at radius 3 is 2.95 bits per heavy atom. The first-order chi connectivity index (χ1) is 9.25. The van der Waals surface area contributed by atoms with Crippen LogP contribution in [-0.2, 0) is 4.74 Å². The first-order valence-corrected chi connectivity index (χ1v) is 7.35. The van der Waals surface area contributed by atoms with Gasteiger partial charge >= 0.3 is 0 Å². The van der Waals surface area contributed by atoms with E-state index in [1.54, 1.807) is 0 Å². The summed E-state index contributed by atoms with van der Waals surface area (Å²) in [6, 6.07) is 4.76.